The van der Waals surface area contributed by atoms with Crippen molar-refractivity contribution in [1.29, 1.82) is 0 Å². The van der Waals surface area contributed by atoms with Gasteiger partial charge in [-0.1, -0.05) is 42.5 Å². The molecule has 2 aromatic rings. The first-order valence-corrected chi connectivity index (χ1v) is 8.12. The molecular weight excluding hydrogens is 302 g/mol. The smallest absolute Gasteiger partial charge is 0.415 e. The summed E-state index contributed by atoms with van der Waals surface area (Å²) in [6.45, 7) is 3.86. The van der Waals surface area contributed by atoms with Crippen LogP contribution in [0.25, 0.3) is 0 Å². The molecule has 1 atom stereocenters. The third kappa shape index (κ3) is 3.04. The Morgan fingerprint density at radius 1 is 1.12 bits per heavy atom. The highest BCUT2D eigenvalue weighted by Gasteiger charge is 2.49. The molecule has 0 aromatic heterocycles. The number of hydrogen-bond acceptors (Lipinski definition) is 3. The minimum atomic E-state index is -0.628. The van der Waals surface area contributed by atoms with Crippen LogP contribution in [-0.2, 0) is 16.0 Å². The van der Waals surface area contributed by atoms with E-state index in [-0.39, 0.29) is 12.1 Å². The summed E-state index contributed by atoms with van der Waals surface area (Å²) in [6.07, 6.45) is 1.70. The number of rotatable bonds is 5. The molecule has 0 N–H and O–H groups in total. The third-order valence-electron chi connectivity index (χ3n) is 4.32. The van der Waals surface area contributed by atoms with Crippen LogP contribution in [-0.4, -0.2) is 18.0 Å². The van der Waals surface area contributed by atoms with Crippen molar-refractivity contribution >= 4 is 18.1 Å². The zero-order valence-corrected chi connectivity index (χ0v) is 13.9. The van der Waals surface area contributed by atoms with E-state index < -0.39 is 5.60 Å². The average molecular weight is 323 g/mol. The minimum Gasteiger partial charge on any atom is -0.441 e. The van der Waals surface area contributed by atoms with Gasteiger partial charge in [-0.3, -0.25) is 4.90 Å². The van der Waals surface area contributed by atoms with Crippen LogP contribution in [0.3, 0.4) is 0 Å². The summed E-state index contributed by atoms with van der Waals surface area (Å²) in [7, 11) is 0. The molecule has 1 heterocycles. The number of aryl methyl sites for hydroxylation is 1. The third-order valence-corrected chi connectivity index (χ3v) is 4.32. The van der Waals surface area contributed by atoms with Crippen molar-refractivity contribution in [3.8, 4) is 0 Å². The Morgan fingerprint density at radius 2 is 1.88 bits per heavy atom. The molecule has 2 aromatic carbocycles. The van der Waals surface area contributed by atoms with Gasteiger partial charge >= 0.3 is 6.09 Å². The summed E-state index contributed by atoms with van der Waals surface area (Å²) in [5, 5.41) is 0. The fraction of sp³-hybridized carbons (Fsp3) is 0.300. The van der Waals surface area contributed by atoms with Gasteiger partial charge in [0.1, 0.15) is 17.9 Å². The number of carbonyl (C=O) groups is 2. The summed E-state index contributed by atoms with van der Waals surface area (Å²) in [6, 6.07) is 17.5. The van der Waals surface area contributed by atoms with E-state index in [9.17, 15) is 9.59 Å². The van der Waals surface area contributed by atoms with Crippen LogP contribution in [0.1, 0.15) is 37.4 Å². The molecular formula is C20H21NO3. The lowest BCUT2D eigenvalue weighted by Gasteiger charge is -2.29. The number of carbonyl (C=O) groups excluding carboxylic acids is 2. The maximum atomic E-state index is 12.5. The Bertz CT molecular complexity index is 740. The maximum absolute atomic E-state index is 12.5. The molecule has 0 aliphatic carbocycles. The summed E-state index contributed by atoms with van der Waals surface area (Å²) >= 11 is 0. The Kier molecular flexibility index (Phi) is 4.38. The first kappa shape index (κ1) is 16.2. The van der Waals surface area contributed by atoms with Gasteiger partial charge in [0, 0.05) is 12.1 Å². The SMILES string of the molecule is CC1(C)OC(=O)N(c2cccc(CCC=O)c2)C1c1ccccc1. The second-order valence-corrected chi connectivity index (χ2v) is 6.53. The first-order chi connectivity index (χ1) is 11.5. The Morgan fingerprint density at radius 3 is 2.58 bits per heavy atom. The topological polar surface area (TPSA) is 46.6 Å². The Hall–Kier alpha value is -2.62. The van der Waals surface area contributed by atoms with E-state index in [2.05, 4.69) is 0 Å². The van der Waals surface area contributed by atoms with Crippen LogP contribution < -0.4 is 4.90 Å². The lowest BCUT2D eigenvalue weighted by Crippen LogP contribution is -2.33. The second-order valence-electron chi connectivity index (χ2n) is 6.53. The van der Waals surface area contributed by atoms with Crippen molar-refractivity contribution in [3.63, 3.8) is 0 Å². The molecule has 1 fully saturated rings. The summed E-state index contributed by atoms with van der Waals surface area (Å²) in [5.41, 5.74) is 2.23. The highest BCUT2D eigenvalue weighted by Crippen LogP contribution is 2.43. The molecule has 1 amide bonds. The van der Waals surface area contributed by atoms with Gasteiger partial charge in [-0.2, -0.15) is 0 Å². The van der Waals surface area contributed by atoms with Crippen LogP contribution in [0.2, 0.25) is 0 Å². The van der Waals surface area contributed by atoms with E-state index >= 15 is 0 Å². The normalized spacial score (nSPS) is 19.2. The largest absolute Gasteiger partial charge is 0.441 e. The fourth-order valence-corrected chi connectivity index (χ4v) is 3.27. The molecule has 0 radical (unpaired) electrons. The molecule has 1 aliphatic rings. The second kappa shape index (κ2) is 6.48. The number of anilines is 1. The summed E-state index contributed by atoms with van der Waals surface area (Å²) < 4.78 is 5.63. The van der Waals surface area contributed by atoms with Crippen molar-refractivity contribution in [2.75, 3.05) is 4.90 Å². The van der Waals surface area contributed by atoms with E-state index in [4.69, 9.17) is 4.74 Å². The number of nitrogens with zero attached hydrogens (tertiary/aromatic N) is 1. The van der Waals surface area contributed by atoms with E-state index in [0.717, 1.165) is 23.1 Å². The highest BCUT2D eigenvalue weighted by molar-refractivity contribution is 5.91. The van der Waals surface area contributed by atoms with Gasteiger partial charge in [-0.15, -0.1) is 0 Å². The molecule has 124 valence electrons. The molecule has 0 saturated carbocycles. The van der Waals surface area contributed by atoms with Crippen LogP contribution in [0, 0.1) is 0 Å². The van der Waals surface area contributed by atoms with Gasteiger partial charge in [0.05, 0.1) is 0 Å². The lowest BCUT2D eigenvalue weighted by molar-refractivity contribution is -0.107. The predicted octanol–water partition coefficient (Wildman–Crippen LogP) is 4.29. The van der Waals surface area contributed by atoms with Crippen LogP contribution in [0.4, 0.5) is 10.5 Å². The van der Waals surface area contributed by atoms with E-state index in [0.29, 0.717) is 12.8 Å². The number of amides is 1. The number of cyclic esters (lactones) is 1. The summed E-state index contributed by atoms with van der Waals surface area (Å²) in [5.74, 6) is 0. The van der Waals surface area contributed by atoms with Gasteiger partial charge in [0.2, 0.25) is 0 Å². The molecule has 24 heavy (non-hydrogen) atoms. The van der Waals surface area contributed by atoms with Gasteiger partial charge in [0.15, 0.2) is 0 Å². The molecule has 4 nitrogen and oxygen atoms in total. The standard InChI is InChI=1S/C20H21NO3/c1-20(2)18(16-10-4-3-5-11-16)21(19(23)24-20)17-12-6-8-15(14-17)9-7-13-22/h3-6,8,10-14,18H,7,9H2,1-2H3. The number of benzene rings is 2. The zero-order valence-electron chi connectivity index (χ0n) is 13.9. The molecule has 1 saturated heterocycles. The average Bonchev–Trinajstić information content (AvgIpc) is 2.82. The van der Waals surface area contributed by atoms with E-state index in [1.54, 1.807) is 4.90 Å². The van der Waals surface area contributed by atoms with Crippen LogP contribution in [0.15, 0.2) is 54.6 Å². The summed E-state index contributed by atoms with van der Waals surface area (Å²) in [4.78, 5) is 24.9. The molecule has 3 rings (SSSR count). The van der Waals surface area contributed by atoms with Crippen molar-refractivity contribution in [3.05, 3.63) is 65.7 Å². The highest BCUT2D eigenvalue weighted by atomic mass is 16.6. The predicted molar refractivity (Wildman–Crippen MR) is 93.0 cm³/mol. The monoisotopic (exact) mass is 323 g/mol. The number of aldehydes is 1. The van der Waals surface area contributed by atoms with Gasteiger partial charge in [-0.25, -0.2) is 4.79 Å². The zero-order chi connectivity index (χ0) is 17.2. The van der Waals surface area contributed by atoms with E-state index in [1.807, 2.05) is 68.4 Å². The molecule has 0 spiro atoms. The molecule has 1 aliphatic heterocycles. The van der Waals surface area contributed by atoms with Gasteiger partial charge < -0.3 is 9.53 Å². The molecule has 0 bridgehead atoms. The lowest BCUT2D eigenvalue weighted by atomic mass is 9.91. The van der Waals surface area contributed by atoms with Gasteiger partial charge in [-0.05, 0) is 43.5 Å². The molecule has 4 heteroatoms. The van der Waals surface area contributed by atoms with Crippen molar-refractivity contribution < 1.29 is 14.3 Å². The van der Waals surface area contributed by atoms with Crippen molar-refractivity contribution in [1.82, 2.24) is 0 Å². The minimum absolute atomic E-state index is 0.201. The number of hydrogen-bond donors (Lipinski definition) is 0. The van der Waals surface area contributed by atoms with Crippen molar-refractivity contribution in [2.24, 2.45) is 0 Å². The Balaban J connectivity index is 2.01. The molecule has 1 unspecified atom stereocenters. The van der Waals surface area contributed by atoms with E-state index in [1.165, 1.54) is 0 Å². The quantitative estimate of drug-likeness (QED) is 0.771. The fourth-order valence-electron chi connectivity index (χ4n) is 3.27. The van der Waals surface area contributed by atoms with Crippen molar-refractivity contribution in [2.45, 2.75) is 38.3 Å². The van der Waals surface area contributed by atoms with Gasteiger partial charge in [0.25, 0.3) is 0 Å². The maximum Gasteiger partial charge on any atom is 0.415 e. The first-order valence-electron chi connectivity index (χ1n) is 8.12. The number of ether oxygens (including phenoxy) is 1. The Labute approximate surface area is 142 Å². The van der Waals surface area contributed by atoms with Crippen LogP contribution in [0.5, 0.6) is 0 Å². The van der Waals surface area contributed by atoms with Crippen LogP contribution >= 0.6 is 0 Å².